The zero-order chi connectivity index (χ0) is 22.2. The molecular formula is C21H22ClN3O5S. The molecule has 2 aliphatic rings. The number of amides is 4. The van der Waals surface area contributed by atoms with Crippen molar-refractivity contribution in [3.8, 4) is 11.5 Å². The van der Waals surface area contributed by atoms with Gasteiger partial charge in [-0.05, 0) is 36.8 Å². The number of nitrogens with one attached hydrogen (secondary N) is 1. The number of fused-ring (bicyclic) bond motifs is 1. The molecule has 8 nitrogen and oxygen atoms in total. The molecule has 2 aromatic rings. The van der Waals surface area contributed by atoms with E-state index < -0.39 is 17.5 Å². The maximum absolute atomic E-state index is 13.2. The second-order valence-electron chi connectivity index (χ2n) is 7.61. The van der Waals surface area contributed by atoms with Gasteiger partial charge in [-0.3, -0.25) is 14.5 Å². The van der Waals surface area contributed by atoms with E-state index in [9.17, 15) is 14.4 Å². The van der Waals surface area contributed by atoms with Gasteiger partial charge in [0.2, 0.25) is 5.91 Å². The Bertz CT molecular complexity index is 1040. The molecule has 1 atom stereocenters. The second kappa shape index (κ2) is 8.39. The van der Waals surface area contributed by atoms with Crippen molar-refractivity contribution in [1.29, 1.82) is 0 Å². The van der Waals surface area contributed by atoms with Crippen molar-refractivity contribution in [2.75, 3.05) is 26.8 Å². The van der Waals surface area contributed by atoms with Crippen LogP contribution in [-0.2, 0) is 21.7 Å². The third-order valence-electron chi connectivity index (χ3n) is 5.34. The molecule has 0 radical (unpaired) electrons. The maximum atomic E-state index is 13.2. The summed E-state index contributed by atoms with van der Waals surface area (Å²) in [6, 6.07) is 8.15. The largest absolute Gasteiger partial charge is 0.490 e. The van der Waals surface area contributed by atoms with Gasteiger partial charge in [0.15, 0.2) is 11.5 Å². The number of rotatable bonds is 5. The number of thiophene rings is 1. The standard InChI is InChI=1S/C21H22ClN3O5S/c1-21(13-4-6-15-16(10-13)30-9-3-8-29-15)19(27)25(20(28)23-21)12-18(26)24(2)11-14-5-7-17(22)31-14/h4-7,10H,3,8-9,11-12H2,1-2H3,(H,23,28)/t21-/m0/s1. The summed E-state index contributed by atoms with van der Waals surface area (Å²) in [5.74, 6) is 0.287. The molecule has 3 heterocycles. The molecule has 2 aliphatic heterocycles. The number of benzene rings is 1. The maximum Gasteiger partial charge on any atom is 0.325 e. The fourth-order valence-corrected chi connectivity index (χ4v) is 4.67. The van der Waals surface area contributed by atoms with Gasteiger partial charge in [0.05, 0.1) is 24.1 Å². The normalized spacial score (nSPS) is 20.4. The number of likely N-dealkylation sites (N-methyl/N-ethyl adjacent to an activating group) is 1. The SMILES string of the molecule is CN(Cc1ccc(Cl)s1)C(=O)CN1C(=O)N[C@@](C)(c2ccc3c(c2)OCCCO3)C1=O. The first-order valence-electron chi connectivity index (χ1n) is 9.80. The molecule has 1 saturated heterocycles. The van der Waals surface area contributed by atoms with Gasteiger partial charge < -0.3 is 19.7 Å². The van der Waals surface area contributed by atoms with Gasteiger partial charge in [0.25, 0.3) is 5.91 Å². The number of hydrogen-bond acceptors (Lipinski definition) is 6. The lowest BCUT2D eigenvalue weighted by molar-refractivity contribution is -0.138. The molecule has 1 N–H and O–H groups in total. The average Bonchev–Trinajstić information content (AvgIpc) is 3.12. The predicted octanol–water partition coefficient (Wildman–Crippen LogP) is 2.99. The van der Waals surface area contributed by atoms with Crippen LogP contribution in [-0.4, -0.2) is 54.5 Å². The van der Waals surface area contributed by atoms with Crippen LogP contribution in [0.5, 0.6) is 11.5 Å². The van der Waals surface area contributed by atoms with Crippen molar-refractivity contribution in [2.24, 2.45) is 0 Å². The molecule has 0 bridgehead atoms. The molecule has 0 unspecified atom stereocenters. The monoisotopic (exact) mass is 463 g/mol. The first kappa shape index (κ1) is 21.5. The van der Waals surface area contributed by atoms with Gasteiger partial charge in [-0.1, -0.05) is 17.7 Å². The fraction of sp³-hybridized carbons (Fsp3) is 0.381. The Morgan fingerprint density at radius 1 is 1.23 bits per heavy atom. The van der Waals surface area contributed by atoms with Gasteiger partial charge in [-0.25, -0.2) is 4.79 Å². The highest BCUT2D eigenvalue weighted by Gasteiger charge is 2.50. The lowest BCUT2D eigenvalue weighted by Crippen LogP contribution is -2.43. The molecular weight excluding hydrogens is 442 g/mol. The predicted molar refractivity (Wildman–Crippen MR) is 115 cm³/mol. The Hall–Kier alpha value is -2.78. The van der Waals surface area contributed by atoms with Crippen molar-refractivity contribution in [2.45, 2.75) is 25.4 Å². The van der Waals surface area contributed by atoms with Crippen LogP contribution < -0.4 is 14.8 Å². The molecule has 0 saturated carbocycles. The van der Waals surface area contributed by atoms with Crippen LogP contribution >= 0.6 is 22.9 Å². The smallest absolute Gasteiger partial charge is 0.325 e. The van der Waals surface area contributed by atoms with E-state index in [4.69, 9.17) is 21.1 Å². The minimum atomic E-state index is -1.30. The number of carbonyl (C=O) groups excluding carboxylic acids is 3. The summed E-state index contributed by atoms with van der Waals surface area (Å²) in [5.41, 5.74) is -0.742. The van der Waals surface area contributed by atoms with E-state index in [1.807, 2.05) is 6.07 Å². The Kier molecular flexibility index (Phi) is 5.81. The van der Waals surface area contributed by atoms with E-state index in [-0.39, 0.29) is 12.5 Å². The third-order valence-corrected chi connectivity index (χ3v) is 6.56. The van der Waals surface area contributed by atoms with E-state index in [1.54, 1.807) is 38.2 Å². The van der Waals surface area contributed by atoms with Crippen molar-refractivity contribution >= 4 is 40.8 Å². The molecule has 10 heteroatoms. The summed E-state index contributed by atoms with van der Waals surface area (Å²) in [6.07, 6.45) is 0.762. The summed E-state index contributed by atoms with van der Waals surface area (Å²) < 4.78 is 12.0. The highest BCUT2D eigenvalue weighted by molar-refractivity contribution is 7.16. The molecule has 4 amide bonds. The van der Waals surface area contributed by atoms with E-state index >= 15 is 0 Å². The summed E-state index contributed by atoms with van der Waals surface area (Å²) in [4.78, 5) is 41.8. The average molecular weight is 464 g/mol. The van der Waals surface area contributed by atoms with Crippen LogP contribution in [0.15, 0.2) is 30.3 Å². The zero-order valence-electron chi connectivity index (χ0n) is 17.1. The molecule has 0 aliphatic carbocycles. The first-order valence-corrected chi connectivity index (χ1v) is 11.0. The van der Waals surface area contributed by atoms with E-state index in [2.05, 4.69) is 5.32 Å². The first-order chi connectivity index (χ1) is 14.8. The molecule has 164 valence electrons. The lowest BCUT2D eigenvalue weighted by atomic mass is 9.91. The minimum Gasteiger partial charge on any atom is -0.490 e. The Morgan fingerprint density at radius 2 is 1.97 bits per heavy atom. The summed E-state index contributed by atoms with van der Waals surface area (Å²) in [5, 5.41) is 2.72. The number of imide groups is 1. The van der Waals surface area contributed by atoms with E-state index in [0.29, 0.717) is 41.2 Å². The van der Waals surface area contributed by atoms with E-state index in [0.717, 1.165) is 16.2 Å². The Labute approximate surface area is 188 Å². The summed E-state index contributed by atoms with van der Waals surface area (Å²) >= 11 is 7.31. The van der Waals surface area contributed by atoms with Crippen LogP contribution in [0.1, 0.15) is 23.8 Å². The van der Waals surface area contributed by atoms with E-state index in [1.165, 1.54) is 16.2 Å². The molecule has 4 rings (SSSR count). The van der Waals surface area contributed by atoms with Gasteiger partial charge >= 0.3 is 6.03 Å². The number of carbonyl (C=O) groups is 3. The number of halogens is 1. The fourth-order valence-electron chi connectivity index (χ4n) is 3.53. The van der Waals surface area contributed by atoms with Crippen LogP contribution in [0, 0.1) is 0 Å². The Balaban J connectivity index is 1.49. The van der Waals surface area contributed by atoms with Gasteiger partial charge in [0, 0.05) is 18.3 Å². The Morgan fingerprint density at radius 3 is 2.68 bits per heavy atom. The van der Waals surface area contributed by atoms with Crippen LogP contribution in [0.2, 0.25) is 4.34 Å². The van der Waals surface area contributed by atoms with Crippen molar-refractivity contribution < 1.29 is 23.9 Å². The minimum absolute atomic E-state index is 0.347. The van der Waals surface area contributed by atoms with Gasteiger partial charge in [-0.15, -0.1) is 11.3 Å². The highest BCUT2D eigenvalue weighted by Crippen LogP contribution is 2.36. The van der Waals surface area contributed by atoms with Crippen molar-refractivity contribution in [1.82, 2.24) is 15.1 Å². The van der Waals surface area contributed by atoms with Crippen LogP contribution in [0.4, 0.5) is 4.79 Å². The summed E-state index contributed by atoms with van der Waals surface area (Å²) in [6.45, 7) is 2.68. The quantitative estimate of drug-likeness (QED) is 0.689. The van der Waals surface area contributed by atoms with Gasteiger partial charge in [0.1, 0.15) is 12.1 Å². The topological polar surface area (TPSA) is 88.2 Å². The van der Waals surface area contributed by atoms with Crippen molar-refractivity contribution in [3.05, 3.63) is 45.1 Å². The second-order valence-corrected chi connectivity index (χ2v) is 9.41. The molecule has 0 spiro atoms. The molecule has 31 heavy (non-hydrogen) atoms. The molecule has 1 aromatic carbocycles. The van der Waals surface area contributed by atoms with Crippen molar-refractivity contribution in [3.63, 3.8) is 0 Å². The number of nitrogens with zero attached hydrogens (tertiary/aromatic N) is 2. The van der Waals surface area contributed by atoms with Crippen LogP contribution in [0.25, 0.3) is 0 Å². The molecule has 1 aromatic heterocycles. The number of ether oxygens (including phenoxy) is 2. The number of hydrogen-bond donors (Lipinski definition) is 1. The highest BCUT2D eigenvalue weighted by atomic mass is 35.5. The van der Waals surface area contributed by atoms with Gasteiger partial charge in [-0.2, -0.15) is 0 Å². The third kappa shape index (κ3) is 4.20. The molecule has 1 fully saturated rings. The van der Waals surface area contributed by atoms with Crippen LogP contribution in [0.3, 0.4) is 0 Å². The zero-order valence-corrected chi connectivity index (χ0v) is 18.7. The number of urea groups is 1. The summed E-state index contributed by atoms with van der Waals surface area (Å²) in [7, 11) is 1.62. The lowest BCUT2D eigenvalue weighted by Gasteiger charge is -2.24.